The second kappa shape index (κ2) is 4.25. The van der Waals surface area contributed by atoms with Crippen LogP contribution in [-0.4, -0.2) is 23.9 Å². The standard InChI is InChI=1S/C8H14O2/c1-4-8(5-2,7-9)10-6-3/h4-5,9H,1-2,6-7H2,3H3. The van der Waals surface area contributed by atoms with E-state index in [1.54, 1.807) is 12.2 Å². The van der Waals surface area contributed by atoms with E-state index in [-0.39, 0.29) is 6.61 Å². The maximum Gasteiger partial charge on any atom is 0.127 e. The molecular formula is C8H14O2. The van der Waals surface area contributed by atoms with Gasteiger partial charge in [-0.15, -0.1) is 0 Å². The van der Waals surface area contributed by atoms with E-state index in [1.807, 2.05) is 6.92 Å². The van der Waals surface area contributed by atoms with Crippen molar-refractivity contribution in [3.8, 4) is 0 Å². The van der Waals surface area contributed by atoms with Crippen molar-refractivity contribution in [1.29, 1.82) is 0 Å². The van der Waals surface area contributed by atoms with Crippen LogP contribution in [-0.2, 0) is 4.74 Å². The average Bonchev–Trinajstić information content (AvgIpc) is 2.01. The van der Waals surface area contributed by atoms with Gasteiger partial charge < -0.3 is 9.84 Å². The smallest absolute Gasteiger partial charge is 0.127 e. The zero-order valence-electron chi connectivity index (χ0n) is 6.34. The van der Waals surface area contributed by atoms with Crippen LogP contribution < -0.4 is 0 Å². The SMILES string of the molecule is C=CC(C=C)(CO)OCC. The number of ether oxygens (including phenoxy) is 1. The minimum absolute atomic E-state index is 0.103. The normalized spacial score (nSPS) is 11.0. The largest absolute Gasteiger partial charge is 0.393 e. The molecule has 0 aromatic heterocycles. The van der Waals surface area contributed by atoms with Crippen molar-refractivity contribution in [2.24, 2.45) is 0 Å². The monoisotopic (exact) mass is 142 g/mol. The molecule has 0 aliphatic rings. The second-order valence-corrected chi connectivity index (χ2v) is 1.95. The van der Waals surface area contributed by atoms with Crippen molar-refractivity contribution in [2.75, 3.05) is 13.2 Å². The molecule has 0 aliphatic heterocycles. The van der Waals surface area contributed by atoms with Crippen LogP contribution in [0.1, 0.15) is 6.92 Å². The molecule has 0 saturated carbocycles. The lowest BCUT2D eigenvalue weighted by atomic mass is 10.1. The van der Waals surface area contributed by atoms with Gasteiger partial charge in [0.25, 0.3) is 0 Å². The quantitative estimate of drug-likeness (QED) is 0.583. The minimum atomic E-state index is -0.741. The molecule has 0 fully saturated rings. The summed E-state index contributed by atoms with van der Waals surface area (Å²) >= 11 is 0. The highest BCUT2D eigenvalue weighted by Crippen LogP contribution is 2.12. The van der Waals surface area contributed by atoms with Crippen LogP contribution in [0.2, 0.25) is 0 Å². The van der Waals surface area contributed by atoms with E-state index < -0.39 is 5.60 Å². The molecule has 0 rings (SSSR count). The minimum Gasteiger partial charge on any atom is -0.393 e. The van der Waals surface area contributed by atoms with E-state index >= 15 is 0 Å². The number of hydrogen-bond donors (Lipinski definition) is 1. The predicted molar refractivity (Wildman–Crippen MR) is 41.8 cm³/mol. The van der Waals surface area contributed by atoms with Crippen LogP contribution in [0.4, 0.5) is 0 Å². The zero-order chi connectivity index (χ0) is 8.04. The Bertz CT molecular complexity index is 110. The first-order chi connectivity index (χ1) is 4.74. The summed E-state index contributed by atoms with van der Waals surface area (Å²) in [6.07, 6.45) is 3.09. The molecule has 0 bridgehead atoms. The van der Waals surface area contributed by atoms with Gasteiger partial charge in [-0.2, -0.15) is 0 Å². The molecule has 0 atom stereocenters. The van der Waals surface area contributed by atoms with E-state index in [9.17, 15) is 0 Å². The number of aliphatic hydroxyl groups excluding tert-OH is 1. The Morgan fingerprint density at radius 2 is 2.00 bits per heavy atom. The Kier molecular flexibility index (Phi) is 4.00. The molecule has 0 aromatic carbocycles. The molecule has 0 saturated heterocycles. The van der Waals surface area contributed by atoms with Gasteiger partial charge in [0, 0.05) is 6.61 Å². The molecule has 2 heteroatoms. The summed E-state index contributed by atoms with van der Waals surface area (Å²) in [5.74, 6) is 0. The molecule has 0 spiro atoms. The zero-order valence-corrected chi connectivity index (χ0v) is 6.34. The van der Waals surface area contributed by atoms with Gasteiger partial charge in [0.15, 0.2) is 0 Å². The van der Waals surface area contributed by atoms with Crippen molar-refractivity contribution >= 4 is 0 Å². The van der Waals surface area contributed by atoms with Gasteiger partial charge >= 0.3 is 0 Å². The Morgan fingerprint density at radius 1 is 1.50 bits per heavy atom. The first-order valence-corrected chi connectivity index (χ1v) is 3.26. The third-order valence-electron chi connectivity index (χ3n) is 1.35. The average molecular weight is 142 g/mol. The summed E-state index contributed by atoms with van der Waals surface area (Å²) in [4.78, 5) is 0. The molecule has 0 unspecified atom stereocenters. The fraction of sp³-hybridized carbons (Fsp3) is 0.500. The third kappa shape index (κ3) is 1.97. The van der Waals surface area contributed by atoms with Crippen molar-refractivity contribution in [3.05, 3.63) is 25.3 Å². The van der Waals surface area contributed by atoms with Gasteiger partial charge in [0.05, 0.1) is 6.61 Å². The molecule has 1 N–H and O–H groups in total. The number of hydrogen-bond acceptors (Lipinski definition) is 2. The predicted octanol–water partition coefficient (Wildman–Crippen LogP) is 1.13. The first-order valence-electron chi connectivity index (χ1n) is 3.26. The second-order valence-electron chi connectivity index (χ2n) is 1.95. The molecule has 0 amide bonds. The molecule has 58 valence electrons. The summed E-state index contributed by atoms with van der Waals surface area (Å²) in [6, 6.07) is 0. The third-order valence-corrected chi connectivity index (χ3v) is 1.35. The van der Waals surface area contributed by atoms with E-state index in [1.165, 1.54) is 0 Å². The van der Waals surface area contributed by atoms with Crippen LogP contribution in [0.15, 0.2) is 25.3 Å². The van der Waals surface area contributed by atoms with E-state index in [2.05, 4.69) is 13.2 Å². The molecular weight excluding hydrogens is 128 g/mol. The highest BCUT2D eigenvalue weighted by atomic mass is 16.5. The van der Waals surface area contributed by atoms with Crippen molar-refractivity contribution < 1.29 is 9.84 Å². The van der Waals surface area contributed by atoms with Crippen LogP contribution >= 0.6 is 0 Å². The van der Waals surface area contributed by atoms with Crippen molar-refractivity contribution in [2.45, 2.75) is 12.5 Å². The molecule has 10 heavy (non-hydrogen) atoms. The number of rotatable bonds is 5. The lowest BCUT2D eigenvalue weighted by molar-refractivity contribution is -0.00462. The van der Waals surface area contributed by atoms with Gasteiger partial charge in [0.2, 0.25) is 0 Å². The lowest BCUT2D eigenvalue weighted by Gasteiger charge is -2.23. The molecule has 2 nitrogen and oxygen atoms in total. The van der Waals surface area contributed by atoms with E-state index in [0.717, 1.165) is 0 Å². The van der Waals surface area contributed by atoms with Gasteiger partial charge in [-0.3, -0.25) is 0 Å². The summed E-state index contributed by atoms with van der Waals surface area (Å²) in [5, 5.41) is 8.84. The molecule has 0 aliphatic carbocycles. The fourth-order valence-corrected chi connectivity index (χ4v) is 0.645. The summed E-state index contributed by atoms with van der Waals surface area (Å²) in [6.45, 7) is 9.37. The Hall–Kier alpha value is -0.600. The summed E-state index contributed by atoms with van der Waals surface area (Å²) in [7, 11) is 0. The Morgan fingerprint density at radius 3 is 2.10 bits per heavy atom. The van der Waals surface area contributed by atoms with E-state index in [0.29, 0.717) is 6.61 Å². The van der Waals surface area contributed by atoms with Crippen molar-refractivity contribution in [1.82, 2.24) is 0 Å². The highest BCUT2D eigenvalue weighted by molar-refractivity contribution is 5.09. The van der Waals surface area contributed by atoms with Crippen LogP contribution in [0.3, 0.4) is 0 Å². The highest BCUT2D eigenvalue weighted by Gasteiger charge is 2.20. The van der Waals surface area contributed by atoms with Crippen LogP contribution in [0.5, 0.6) is 0 Å². The van der Waals surface area contributed by atoms with Gasteiger partial charge in [0.1, 0.15) is 5.60 Å². The number of aliphatic hydroxyl groups is 1. The van der Waals surface area contributed by atoms with E-state index in [4.69, 9.17) is 9.84 Å². The maximum absolute atomic E-state index is 8.84. The fourth-order valence-electron chi connectivity index (χ4n) is 0.645. The Balaban J connectivity index is 4.14. The van der Waals surface area contributed by atoms with Crippen molar-refractivity contribution in [3.63, 3.8) is 0 Å². The van der Waals surface area contributed by atoms with Gasteiger partial charge in [-0.1, -0.05) is 25.3 Å². The maximum atomic E-state index is 8.84. The summed E-state index contributed by atoms with van der Waals surface area (Å²) in [5.41, 5.74) is -0.741. The molecule has 0 radical (unpaired) electrons. The lowest BCUT2D eigenvalue weighted by Crippen LogP contribution is -2.31. The Labute approximate surface area is 61.8 Å². The molecule has 0 heterocycles. The summed E-state index contributed by atoms with van der Waals surface area (Å²) < 4.78 is 5.19. The first kappa shape index (κ1) is 9.40. The van der Waals surface area contributed by atoms with Crippen LogP contribution in [0.25, 0.3) is 0 Å². The topological polar surface area (TPSA) is 29.5 Å². The van der Waals surface area contributed by atoms with Crippen LogP contribution in [0, 0.1) is 0 Å². The van der Waals surface area contributed by atoms with Gasteiger partial charge in [-0.05, 0) is 6.92 Å². The molecule has 0 aromatic rings. The van der Waals surface area contributed by atoms with Gasteiger partial charge in [-0.25, -0.2) is 0 Å².